The Balaban J connectivity index is 2.39. The summed E-state index contributed by atoms with van der Waals surface area (Å²) < 4.78 is 25.5. The van der Waals surface area contributed by atoms with Gasteiger partial charge in [-0.05, 0) is 25.1 Å². The maximum Gasteiger partial charge on any atom is 0.251 e. The molecule has 0 spiro atoms. The third-order valence-electron chi connectivity index (χ3n) is 2.20. The Morgan fingerprint density at radius 3 is 2.67 bits per heavy atom. The number of hydrogen-bond acceptors (Lipinski definition) is 3. The summed E-state index contributed by atoms with van der Waals surface area (Å²) in [7, 11) is -3.20. The molecule has 1 amide bonds. The maximum absolute atomic E-state index is 11.7. The van der Waals surface area contributed by atoms with Gasteiger partial charge in [0, 0.05) is 23.1 Å². The molecule has 2 N–H and O–H groups in total. The van der Waals surface area contributed by atoms with Crippen molar-refractivity contribution in [2.45, 2.75) is 6.92 Å². The van der Waals surface area contributed by atoms with Gasteiger partial charge in [0.15, 0.2) is 0 Å². The number of amides is 1. The molecular weight excluding hydrogens is 320 g/mol. The molecule has 5 nitrogen and oxygen atoms in total. The number of benzene rings is 1. The molecule has 0 saturated carbocycles. The van der Waals surface area contributed by atoms with E-state index in [1.807, 2.05) is 6.07 Å². The van der Waals surface area contributed by atoms with E-state index in [4.69, 9.17) is 0 Å². The number of nitrogens with one attached hydrogen (secondary N) is 2. The quantitative estimate of drug-likeness (QED) is 0.765. The van der Waals surface area contributed by atoms with Gasteiger partial charge in [-0.3, -0.25) is 4.79 Å². The van der Waals surface area contributed by atoms with Crippen LogP contribution in [0.4, 0.5) is 0 Å². The fourth-order valence-electron chi connectivity index (χ4n) is 1.22. The molecule has 18 heavy (non-hydrogen) atoms. The zero-order valence-electron chi connectivity index (χ0n) is 9.94. The van der Waals surface area contributed by atoms with Gasteiger partial charge in [0.1, 0.15) is 0 Å². The maximum atomic E-state index is 11.7. The van der Waals surface area contributed by atoms with E-state index < -0.39 is 10.0 Å². The second-order valence-electron chi connectivity index (χ2n) is 3.56. The van der Waals surface area contributed by atoms with Crippen LogP contribution in [0, 0.1) is 0 Å². The van der Waals surface area contributed by atoms with Crippen LogP contribution in [-0.2, 0) is 10.0 Å². The van der Waals surface area contributed by atoms with Crippen LogP contribution < -0.4 is 10.0 Å². The van der Waals surface area contributed by atoms with Crippen LogP contribution in [0.5, 0.6) is 0 Å². The standard InChI is InChI=1S/C11H15BrN2O3S/c1-2-18(16,17)14-7-6-13-11(15)9-4-3-5-10(12)8-9/h3-5,8,14H,2,6-7H2,1H3,(H,13,15). The molecule has 0 radical (unpaired) electrons. The molecule has 0 bridgehead atoms. The van der Waals surface area contributed by atoms with Crippen molar-refractivity contribution in [1.82, 2.24) is 10.0 Å². The van der Waals surface area contributed by atoms with E-state index in [0.717, 1.165) is 4.47 Å². The van der Waals surface area contributed by atoms with Gasteiger partial charge >= 0.3 is 0 Å². The first-order chi connectivity index (χ1) is 8.44. The topological polar surface area (TPSA) is 75.3 Å². The minimum atomic E-state index is -3.20. The van der Waals surface area contributed by atoms with Crippen molar-refractivity contribution in [2.75, 3.05) is 18.8 Å². The Morgan fingerprint density at radius 2 is 2.06 bits per heavy atom. The lowest BCUT2D eigenvalue weighted by Crippen LogP contribution is -2.35. The molecular formula is C11H15BrN2O3S. The van der Waals surface area contributed by atoms with E-state index in [0.29, 0.717) is 5.56 Å². The predicted octanol–water partition coefficient (Wildman–Crippen LogP) is 1.12. The van der Waals surface area contributed by atoms with Crippen molar-refractivity contribution in [2.24, 2.45) is 0 Å². The lowest BCUT2D eigenvalue weighted by molar-refractivity contribution is 0.0954. The van der Waals surface area contributed by atoms with Crippen LogP contribution >= 0.6 is 15.9 Å². The first kappa shape index (κ1) is 15.1. The predicted molar refractivity (Wildman–Crippen MR) is 73.9 cm³/mol. The molecule has 0 aliphatic carbocycles. The molecule has 1 aromatic rings. The molecule has 7 heteroatoms. The number of carbonyl (C=O) groups excluding carboxylic acids is 1. The summed E-state index contributed by atoms with van der Waals surface area (Å²) in [6.45, 7) is 2.00. The van der Waals surface area contributed by atoms with E-state index in [1.54, 1.807) is 25.1 Å². The largest absolute Gasteiger partial charge is 0.351 e. The van der Waals surface area contributed by atoms with Gasteiger partial charge in [0.25, 0.3) is 5.91 Å². The highest BCUT2D eigenvalue weighted by atomic mass is 79.9. The average molecular weight is 335 g/mol. The van der Waals surface area contributed by atoms with Gasteiger partial charge in [-0.2, -0.15) is 0 Å². The SMILES string of the molecule is CCS(=O)(=O)NCCNC(=O)c1cccc(Br)c1. The van der Waals surface area contributed by atoms with Crippen molar-refractivity contribution in [3.05, 3.63) is 34.3 Å². The highest BCUT2D eigenvalue weighted by molar-refractivity contribution is 9.10. The van der Waals surface area contributed by atoms with Crippen molar-refractivity contribution in [1.29, 1.82) is 0 Å². The lowest BCUT2D eigenvalue weighted by Gasteiger charge is -2.06. The number of carbonyl (C=O) groups is 1. The Kier molecular flexibility index (Phi) is 5.77. The van der Waals surface area contributed by atoms with Crippen LogP contribution in [0.25, 0.3) is 0 Å². The highest BCUT2D eigenvalue weighted by Crippen LogP contribution is 2.11. The van der Waals surface area contributed by atoms with Crippen LogP contribution in [0.2, 0.25) is 0 Å². The van der Waals surface area contributed by atoms with E-state index in [2.05, 4.69) is 26.0 Å². The monoisotopic (exact) mass is 334 g/mol. The average Bonchev–Trinajstić information content (AvgIpc) is 2.34. The molecule has 1 aromatic carbocycles. The number of rotatable bonds is 6. The van der Waals surface area contributed by atoms with E-state index in [1.165, 1.54) is 0 Å². The van der Waals surface area contributed by atoms with Crippen LogP contribution in [0.3, 0.4) is 0 Å². The molecule has 0 unspecified atom stereocenters. The van der Waals surface area contributed by atoms with E-state index in [9.17, 15) is 13.2 Å². The number of sulfonamides is 1. The normalized spacial score (nSPS) is 11.2. The Labute approximate surface area is 115 Å². The minimum Gasteiger partial charge on any atom is -0.351 e. The molecule has 0 fully saturated rings. The Morgan fingerprint density at radius 1 is 1.33 bits per heavy atom. The third kappa shape index (κ3) is 5.16. The first-order valence-corrected chi connectivity index (χ1v) is 7.90. The minimum absolute atomic E-state index is 0.0343. The van der Waals surface area contributed by atoms with Crippen LogP contribution in [0.15, 0.2) is 28.7 Å². The summed E-state index contributed by atoms with van der Waals surface area (Å²) in [4.78, 5) is 11.7. The van der Waals surface area contributed by atoms with Crippen molar-refractivity contribution in [3.63, 3.8) is 0 Å². The van der Waals surface area contributed by atoms with Crippen molar-refractivity contribution in [3.8, 4) is 0 Å². The summed E-state index contributed by atoms with van der Waals surface area (Å²) in [5.41, 5.74) is 0.530. The fraction of sp³-hybridized carbons (Fsp3) is 0.364. The molecule has 0 aliphatic rings. The Bertz CT molecular complexity index is 517. The zero-order valence-corrected chi connectivity index (χ0v) is 12.3. The van der Waals surface area contributed by atoms with Crippen LogP contribution in [0.1, 0.15) is 17.3 Å². The second-order valence-corrected chi connectivity index (χ2v) is 6.58. The fourth-order valence-corrected chi connectivity index (χ4v) is 2.23. The van der Waals surface area contributed by atoms with Gasteiger partial charge < -0.3 is 5.32 Å². The molecule has 0 atom stereocenters. The van der Waals surface area contributed by atoms with Gasteiger partial charge in [0.05, 0.1) is 5.75 Å². The summed E-state index contributed by atoms with van der Waals surface area (Å²) in [5, 5.41) is 2.64. The molecule has 0 aromatic heterocycles. The van der Waals surface area contributed by atoms with Gasteiger partial charge in [-0.15, -0.1) is 0 Å². The van der Waals surface area contributed by atoms with Crippen molar-refractivity contribution < 1.29 is 13.2 Å². The smallest absolute Gasteiger partial charge is 0.251 e. The van der Waals surface area contributed by atoms with Crippen LogP contribution in [-0.4, -0.2) is 33.2 Å². The summed E-state index contributed by atoms with van der Waals surface area (Å²) >= 11 is 3.28. The van der Waals surface area contributed by atoms with Gasteiger partial charge in [0.2, 0.25) is 10.0 Å². The number of halogens is 1. The molecule has 100 valence electrons. The van der Waals surface area contributed by atoms with E-state index in [-0.39, 0.29) is 24.7 Å². The molecule has 1 rings (SSSR count). The second kappa shape index (κ2) is 6.86. The Hall–Kier alpha value is -0.920. The third-order valence-corrected chi connectivity index (χ3v) is 4.10. The lowest BCUT2D eigenvalue weighted by atomic mass is 10.2. The molecule has 0 heterocycles. The zero-order chi connectivity index (χ0) is 13.6. The summed E-state index contributed by atoms with van der Waals surface area (Å²) in [6.07, 6.45) is 0. The summed E-state index contributed by atoms with van der Waals surface area (Å²) in [5.74, 6) is -0.195. The molecule has 0 aliphatic heterocycles. The number of hydrogen-bond donors (Lipinski definition) is 2. The van der Waals surface area contributed by atoms with Gasteiger partial charge in [-0.1, -0.05) is 22.0 Å². The molecule has 0 saturated heterocycles. The summed E-state index contributed by atoms with van der Waals surface area (Å²) in [6, 6.07) is 6.98. The van der Waals surface area contributed by atoms with E-state index >= 15 is 0 Å². The van der Waals surface area contributed by atoms with Crippen molar-refractivity contribution >= 4 is 31.9 Å². The first-order valence-electron chi connectivity index (χ1n) is 5.45. The highest BCUT2D eigenvalue weighted by Gasteiger charge is 2.07. The van der Waals surface area contributed by atoms with Gasteiger partial charge in [-0.25, -0.2) is 13.1 Å².